The summed E-state index contributed by atoms with van der Waals surface area (Å²) in [5.41, 5.74) is 0.584. The molecule has 0 aliphatic heterocycles. The summed E-state index contributed by atoms with van der Waals surface area (Å²) in [7, 11) is -7.21. The molecule has 0 aromatic heterocycles. The molecular weight excluding hydrogens is 264 g/mol. The van der Waals surface area contributed by atoms with E-state index in [2.05, 4.69) is 0 Å². The Morgan fingerprint density at radius 3 is 1.94 bits per heavy atom. The van der Waals surface area contributed by atoms with E-state index >= 15 is 0 Å². The maximum atomic E-state index is 11.5. The van der Waals surface area contributed by atoms with Crippen molar-refractivity contribution in [3.8, 4) is 0 Å². The van der Waals surface area contributed by atoms with Gasteiger partial charge in [0.1, 0.15) is 0 Å². The first-order valence-electron chi connectivity index (χ1n) is 4.80. The molecule has 1 aromatic rings. The lowest BCUT2D eigenvalue weighted by Crippen LogP contribution is -2.08. The number of hydrogen-bond acceptors (Lipinski definition) is 5. The highest BCUT2D eigenvalue weighted by Crippen LogP contribution is 2.22. The summed E-state index contributed by atoms with van der Waals surface area (Å²) in [5, 5.41) is 8.77. The molecule has 0 heterocycles. The van der Waals surface area contributed by atoms with E-state index in [1.807, 2.05) is 0 Å². The van der Waals surface area contributed by atoms with E-state index in [1.165, 1.54) is 18.2 Å². The zero-order valence-electron chi connectivity index (χ0n) is 9.54. The lowest BCUT2D eigenvalue weighted by atomic mass is 10.2. The van der Waals surface area contributed by atoms with Crippen molar-refractivity contribution in [3.05, 3.63) is 23.8 Å². The topological polar surface area (TPSA) is 88.5 Å². The van der Waals surface area contributed by atoms with E-state index < -0.39 is 19.7 Å². The van der Waals surface area contributed by atoms with E-state index in [0.717, 1.165) is 12.5 Å². The van der Waals surface area contributed by atoms with Crippen LogP contribution in [0, 0.1) is 0 Å². The molecule has 0 unspecified atom stereocenters. The van der Waals surface area contributed by atoms with Crippen LogP contribution < -0.4 is 0 Å². The van der Waals surface area contributed by atoms with Gasteiger partial charge in [0.15, 0.2) is 19.7 Å². The van der Waals surface area contributed by atoms with Gasteiger partial charge in [-0.05, 0) is 24.1 Å². The average molecular weight is 278 g/mol. The number of rotatable bonds is 4. The quantitative estimate of drug-likeness (QED) is 0.839. The molecule has 1 rings (SSSR count). The van der Waals surface area contributed by atoms with Gasteiger partial charge >= 0.3 is 0 Å². The first kappa shape index (κ1) is 14.1. The summed E-state index contributed by atoms with van der Waals surface area (Å²) < 4.78 is 46.0. The fraction of sp³-hybridized carbons (Fsp3) is 0.400. The summed E-state index contributed by atoms with van der Waals surface area (Å²) in [6.45, 7) is -0.124. The molecule has 7 heteroatoms. The van der Waals surface area contributed by atoms with Gasteiger partial charge in [-0.25, -0.2) is 16.8 Å². The van der Waals surface area contributed by atoms with Crippen molar-refractivity contribution in [1.29, 1.82) is 0 Å². The van der Waals surface area contributed by atoms with E-state index in [4.69, 9.17) is 5.11 Å². The minimum Gasteiger partial charge on any atom is -0.396 e. The van der Waals surface area contributed by atoms with Gasteiger partial charge in [-0.1, -0.05) is 6.07 Å². The Hall–Kier alpha value is -0.920. The van der Waals surface area contributed by atoms with Crippen LogP contribution in [-0.2, 0) is 26.1 Å². The zero-order valence-corrected chi connectivity index (χ0v) is 11.2. The lowest BCUT2D eigenvalue weighted by Gasteiger charge is -2.08. The van der Waals surface area contributed by atoms with Gasteiger partial charge in [0.25, 0.3) is 0 Å². The molecule has 17 heavy (non-hydrogen) atoms. The Balaban J connectivity index is 3.55. The Kier molecular flexibility index (Phi) is 3.95. The lowest BCUT2D eigenvalue weighted by molar-refractivity contribution is 0.299. The number of hydrogen-bond donors (Lipinski definition) is 1. The third-order valence-electron chi connectivity index (χ3n) is 2.21. The van der Waals surface area contributed by atoms with Crippen LogP contribution in [0.1, 0.15) is 5.56 Å². The van der Waals surface area contributed by atoms with Crippen LogP contribution in [0.2, 0.25) is 0 Å². The Bertz CT molecular complexity index is 614. The van der Waals surface area contributed by atoms with Crippen LogP contribution in [0.4, 0.5) is 0 Å². The van der Waals surface area contributed by atoms with Crippen LogP contribution in [0.25, 0.3) is 0 Å². The molecule has 0 aliphatic carbocycles. The first-order valence-corrected chi connectivity index (χ1v) is 8.58. The summed E-state index contributed by atoms with van der Waals surface area (Å²) in [5.74, 6) is 0. The van der Waals surface area contributed by atoms with Gasteiger partial charge in [-0.15, -0.1) is 0 Å². The molecule has 0 amide bonds. The number of aliphatic hydroxyl groups excluding tert-OH is 1. The van der Waals surface area contributed by atoms with Gasteiger partial charge < -0.3 is 5.11 Å². The second-order valence-electron chi connectivity index (χ2n) is 3.80. The van der Waals surface area contributed by atoms with Crippen molar-refractivity contribution in [2.75, 3.05) is 19.1 Å². The van der Waals surface area contributed by atoms with Crippen molar-refractivity contribution >= 4 is 19.7 Å². The highest BCUT2D eigenvalue weighted by Gasteiger charge is 2.20. The minimum absolute atomic E-state index is 0.124. The number of benzene rings is 1. The summed E-state index contributed by atoms with van der Waals surface area (Å²) in [6.07, 6.45) is 2.20. The van der Waals surface area contributed by atoms with E-state index in [1.54, 1.807) is 0 Å². The molecule has 0 atom stereocenters. The van der Waals surface area contributed by atoms with Gasteiger partial charge in [0.05, 0.1) is 9.79 Å². The molecule has 0 fully saturated rings. The molecule has 96 valence electrons. The number of aliphatic hydroxyl groups is 1. The maximum absolute atomic E-state index is 11.5. The normalized spacial score (nSPS) is 12.6. The highest BCUT2D eigenvalue weighted by molar-refractivity contribution is 7.93. The SMILES string of the molecule is CS(=O)(=O)c1ccc(CCO)cc1S(C)(=O)=O. The molecule has 0 aliphatic rings. The third-order valence-corrected chi connectivity index (χ3v) is 4.63. The van der Waals surface area contributed by atoms with Crippen LogP contribution in [0.3, 0.4) is 0 Å². The van der Waals surface area contributed by atoms with Crippen molar-refractivity contribution in [3.63, 3.8) is 0 Å². The van der Waals surface area contributed by atoms with Gasteiger partial charge in [-0.3, -0.25) is 0 Å². The molecular formula is C10H14O5S2. The van der Waals surface area contributed by atoms with Crippen molar-refractivity contribution in [1.82, 2.24) is 0 Å². The third kappa shape index (κ3) is 3.52. The van der Waals surface area contributed by atoms with E-state index in [-0.39, 0.29) is 22.8 Å². The van der Waals surface area contributed by atoms with Crippen LogP contribution in [-0.4, -0.2) is 41.1 Å². The second kappa shape index (κ2) is 4.75. The largest absolute Gasteiger partial charge is 0.396 e. The van der Waals surface area contributed by atoms with E-state index in [9.17, 15) is 16.8 Å². The molecule has 5 nitrogen and oxygen atoms in total. The van der Waals surface area contributed by atoms with Gasteiger partial charge in [0.2, 0.25) is 0 Å². The fourth-order valence-electron chi connectivity index (χ4n) is 1.43. The van der Waals surface area contributed by atoms with Crippen LogP contribution in [0.5, 0.6) is 0 Å². The standard InChI is InChI=1S/C10H14O5S2/c1-16(12,13)9-4-3-8(5-6-11)7-10(9)17(2,14)15/h3-4,7,11H,5-6H2,1-2H3. The van der Waals surface area contributed by atoms with Gasteiger partial charge in [0, 0.05) is 19.1 Å². The summed E-state index contributed by atoms with van der Waals surface area (Å²) >= 11 is 0. The van der Waals surface area contributed by atoms with Crippen molar-refractivity contribution in [2.24, 2.45) is 0 Å². The Morgan fingerprint density at radius 2 is 1.53 bits per heavy atom. The molecule has 0 radical (unpaired) electrons. The zero-order chi connectivity index (χ0) is 13.3. The number of sulfone groups is 2. The predicted octanol–water partition coefficient (Wildman–Crippen LogP) is 0.0284. The Labute approximate surface area is 101 Å². The first-order chi connectivity index (χ1) is 7.66. The molecule has 0 saturated heterocycles. The molecule has 0 saturated carbocycles. The predicted molar refractivity (Wildman–Crippen MR) is 63.5 cm³/mol. The van der Waals surface area contributed by atoms with E-state index in [0.29, 0.717) is 5.56 Å². The van der Waals surface area contributed by atoms with Crippen molar-refractivity contribution < 1.29 is 21.9 Å². The smallest absolute Gasteiger partial charge is 0.176 e. The highest BCUT2D eigenvalue weighted by atomic mass is 32.2. The molecule has 1 N–H and O–H groups in total. The summed E-state index contributed by atoms with van der Waals surface area (Å²) in [6, 6.07) is 4.06. The fourth-order valence-corrected chi connectivity index (χ4v) is 3.88. The molecule has 0 bridgehead atoms. The Morgan fingerprint density at radius 1 is 1.00 bits per heavy atom. The second-order valence-corrected chi connectivity index (χ2v) is 7.77. The van der Waals surface area contributed by atoms with Gasteiger partial charge in [-0.2, -0.15) is 0 Å². The molecule has 1 aromatic carbocycles. The molecule has 0 spiro atoms. The summed E-state index contributed by atoms with van der Waals surface area (Å²) in [4.78, 5) is -0.423. The monoisotopic (exact) mass is 278 g/mol. The van der Waals surface area contributed by atoms with Crippen LogP contribution in [0.15, 0.2) is 28.0 Å². The minimum atomic E-state index is -3.62. The van der Waals surface area contributed by atoms with Crippen molar-refractivity contribution in [2.45, 2.75) is 16.2 Å². The average Bonchev–Trinajstić information content (AvgIpc) is 2.15. The maximum Gasteiger partial charge on any atom is 0.176 e. The van der Waals surface area contributed by atoms with Crippen LogP contribution >= 0.6 is 0 Å².